The van der Waals surface area contributed by atoms with Crippen molar-refractivity contribution in [3.8, 4) is 0 Å². The van der Waals surface area contributed by atoms with Crippen molar-refractivity contribution in [1.82, 2.24) is 0 Å². The van der Waals surface area contributed by atoms with E-state index in [-0.39, 0.29) is 0 Å². The molecule has 0 atom stereocenters. The third kappa shape index (κ3) is 6.58. The van der Waals surface area contributed by atoms with Crippen LogP contribution in [0.1, 0.15) is 77.0 Å². The third-order valence-corrected chi connectivity index (χ3v) is 6.44. The van der Waals surface area contributed by atoms with Crippen molar-refractivity contribution in [3.05, 3.63) is 0 Å². The number of hydrogen-bond acceptors (Lipinski definition) is 0. The van der Waals surface area contributed by atoms with Crippen molar-refractivity contribution in [1.29, 1.82) is 0 Å². The molecule has 0 N–H and O–H groups in total. The normalized spacial score (nSPS) is 23.2. The topological polar surface area (TPSA) is 0 Å². The molecule has 2 fully saturated rings. The molecule has 2 aliphatic heterocycles. The predicted molar refractivity (Wildman–Crippen MR) is 97.0 cm³/mol. The largest absolute Gasteiger partial charge is 0.326 e. The van der Waals surface area contributed by atoms with Crippen molar-refractivity contribution >= 4 is 0 Å². The van der Waals surface area contributed by atoms with E-state index in [2.05, 4.69) is 14.1 Å². The molecule has 22 heavy (non-hydrogen) atoms. The van der Waals surface area contributed by atoms with E-state index in [0.29, 0.717) is 0 Å². The summed E-state index contributed by atoms with van der Waals surface area (Å²) < 4.78 is 2.74. The van der Waals surface area contributed by atoms with Gasteiger partial charge in [0, 0.05) is 25.7 Å². The Morgan fingerprint density at radius 2 is 0.727 bits per heavy atom. The number of nitrogens with zero attached hydrogens (tertiary/aromatic N) is 2. The van der Waals surface area contributed by atoms with Gasteiger partial charge in [0.15, 0.2) is 0 Å². The molecule has 2 saturated heterocycles. The molecule has 2 heterocycles. The number of unbranched alkanes of at least 4 members (excludes halogenated alkanes) is 7. The fraction of sp³-hybridized carbons (Fsp3) is 1.00. The van der Waals surface area contributed by atoms with Gasteiger partial charge in [0.25, 0.3) is 0 Å². The molecule has 130 valence electrons. The first-order valence-corrected chi connectivity index (χ1v) is 10.3. The minimum absolute atomic E-state index is 1.37. The second kappa shape index (κ2) is 9.27. The Morgan fingerprint density at radius 3 is 1.05 bits per heavy atom. The van der Waals surface area contributed by atoms with Crippen LogP contribution in [-0.4, -0.2) is 62.3 Å². The molecule has 2 aliphatic rings. The molecular weight excluding hydrogens is 268 g/mol. The first kappa shape index (κ1) is 18.3. The molecule has 0 radical (unpaired) electrons. The van der Waals surface area contributed by atoms with Crippen LogP contribution in [0.25, 0.3) is 0 Å². The van der Waals surface area contributed by atoms with E-state index in [4.69, 9.17) is 0 Å². The Morgan fingerprint density at radius 1 is 0.455 bits per heavy atom. The van der Waals surface area contributed by atoms with Crippen molar-refractivity contribution < 1.29 is 8.97 Å². The van der Waals surface area contributed by atoms with Crippen molar-refractivity contribution in [2.75, 3.05) is 53.4 Å². The highest BCUT2D eigenvalue weighted by Gasteiger charge is 2.26. The van der Waals surface area contributed by atoms with Crippen molar-refractivity contribution in [2.24, 2.45) is 0 Å². The molecule has 0 aromatic carbocycles. The molecule has 0 aromatic heterocycles. The van der Waals surface area contributed by atoms with Crippen LogP contribution < -0.4 is 0 Å². The first-order valence-electron chi connectivity index (χ1n) is 10.3. The van der Waals surface area contributed by atoms with Gasteiger partial charge in [-0.3, -0.25) is 0 Å². The molecule has 0 amide bonds. The predicted octanol–water partition coefficient (Wildman–Crippen LogP) is 4.59. The average molecular weight is 311 g/mol. The Bertz CT molecular complexity index is 258. The van der Waals surface area contributed by atoms with Gasteiger partial charge in [-0.2, -0.15) is 0 Å². The van der Waals surface area contributed by atoms with E-state index in [1.807, 2.05) is 0 Å². The van der Waals surface area contributed by atoms with Gasteiger partial charge in [-0.1, -0.05) is 25.7 Å². The third-order valence-electron chi connectivity index (χ3n) is 6.44. The zero-order valence-corrected chi connectivity index (χ0v) is 15.6. The van der Waals surface area contributed by atoms with Crippen LogP contribution in [0.15, 0.2) is 0 Å². The lowest BCUT2D eigenvalue weighted by Gasteiger charge is -2.29. The zero-order valence-electron chi connectivity index (χ0n) is 15.6. The zero-order chi connectivity index (χ0) is 15.7. The van der Waals surface area contributed by atoms with E-state index in [0.717, 1.165) is 0 Å². The summed E-state index contributed by atoms with van der Waals surface area (Å²) >= 11 is 0. The Hall–Kier alpha value is -0.0800. The average Bonchev–Trinajstić information content (AvgIpc) is 3.11. The van der Waals surface area contributed by atoms with Crippen LogP contribution in [0.2, 0.25) is 0 Å². The van der Waals surface area contributed by atoms with Crippen molar-refractivity contribution in [3.63, 3.8) is 0 Å². The van der Waals surface area contributed by atoms with Gasteiger partial charge in [-0.25, -0.2) is 0 Å². The fourth-order valence-electron chi connectivity index (χ4n) is 4.69. The first-order chi connectivity index (χ1) is 10.6. The second-order valence-electron chi connectivity index (χ2n) is 8.82. The Balaban J connectivity index is 1.34. The van der Waals surface area contributed by atoms with Crippen LogP contribution in [0.4, 0.5) is 0 Å². The summed E-state index contributed by atoms with van der Waals surface area (Å²) in [4.78, 5) is 0. The maximum absolute atomic E-state index is 2.47. The number of hydrogen-bond donors (Lipinski definition) is 0. The van der Waals surface area contributed by atoms with Gasteiger partial charge in [0.05, 0.1) is 53.4 Å². The monoisotopic (exact) mass is 310 g/mol. The Labute approximate surface area is 140 Å². The lowest BCUT2D eigenvalue weighted by atomic mass is 10.1. The quantitative estimate of drug-likeness (QED) is 0.387. The summed E-state index contributed by atoms with van der Waals surface area (Å²) in [5.41, 5.74) is 0. The van der Waals surface area contributed by atoms with Gasteiger partial charge in [0.2, 0.25) is 0 Å². The van der Waals surface area contributed by atoms with E-state index >= 15 is 0 Å². The molecule has 0 aromatic rings. The second-order valence-corrected chi connectivity index (χ2v) is 8.82. The number of rotatable bonds is 11. The molecular formula is C20H42N2+2. The van der Waals surface area contributed by atoms with E-state index in [9.17, 15) is 0 Å². The highest BCUT2D eigenvalue weighted by molar-refractivity contribution is 4.54. The minimum Gasteiger partial charge on any atom is -0.326 e. The SMILES string of the molecule is C[N+]1(CCCCCCCCCC[N+]2(C)CCCC2)CCCC1. The molecule has 0 aliphatic carbocycles. The van der Waals surface area contributed by atoms with Gasteiger partial charge < -0.3 is 8.97 Å². The van der Waals surface area contributed by atoms with Crippen LogP contribution in [-0.2, 0) is 0 Å². The molecule has 0 unspecified atom stereocenters. The summed E-state index contributed by atoms with van der Waals surface area (Å²) in [5.74, 6) is 0. The van der Waals surface area contributed by atoms with Gasteiger partial charge in [-0.05, 0) is 25.7 Å². The summed E-state index contributed by atoms with van der Waals surface area (Å²) in [6.07, 6.45) is 17.7. The molecule has 2 nitrogen and oxygen atoms in total. The summed E-state index contributed by atoms with van der Waals surface area (Å²) in [7, 11) is 4.94. The molecule has 0 spiro atoms. The fourth-order valence-corrected chi connectivity index (χ4v) is 4.69. The lowest BCUT2D eigenvalue weighted by molar-refractivity contribution is -0.897. The molecule has 2 heteroatoms. The number of likely N-dealkylation sites (tertiary alicyclic amines) is 2. The highest BCUT2D eigenvalue weighted by Crippen LogP contribution is 2.19. The van der Waals surface area contributed by atoms with Crippen molar-refractivity contribution in [2.45, 2.75) is 77.0 Å². The maximum atomic E-state index is 2.47. The van der Waals surface area contributed by atoms with Crippen LogP contribution in [0.3, 0.4) is 0 Å². The van der Waals surface area contributed by atoms with Gasteiger partial charge in [-0.15, -0.1) is 0 Å². The highest BCUT2D eigenvalue weighted by atomic mass is 15.3. The van der Waals surface area contributed by atoms with E-state index in [1.165, 1.54) is 125 Å². The molecule has 0 saturated carbocycles. The minimum atomic E-state index is 1.37. The van der Waals surface area contributed by atoms with E-state index < -0.39 is 0 Å². The van der Waals surface area contributed by atoms with Gasteiger partial charge in [0.1, 0.15) is 0 Å². The summed E-state index contributed by atoms with van der Waals surface area (Å²) in [5, 5.41) is 0. The molecule has 2 rings (SSSR count). The van der Waals surface area contributed by atoms with Gasteiger partial charge >= 0.3 is 0 Å². The van der Waals surface area contributed by atoms with Crippen LogP contribution in [0.5, 0.6) is 0 Å². The maximum Gasteiger partial charge on any atom is 0.0786 e. The number of quaternary nitrogens is 2. The van der Waals surface area contributed by atoms with E-state index in [1.54, 1.807) is 0 Å². The lowest BCUT2D eigenvalue weighted by Crippen LogP contribution is -2.41. The van der Waals surface area contributed by atoms with Crippen LogP contribution >= 0.6 is 0 Å². The smallest absolute Gasteiger partial charge is 0.0786 e. The summed E-state index contributed by atoms with van der Waals surface area (Å²) in [6, 6.07) is 0. The standard InChI is InChI=1S/C20H42N2/c1-21(17-11-12-18-21)15-9-7-5-3-4-6-8-10-16-22(2)19-13-14-20-22/h3-20H2,1-2H3/q+2. The molecule has 0 bridgehead atoms. The Kier molecular flexibility index (Phi) is 7.70. The van der Waals surface area contributed by atoms with Crippen LogP contribution in [0, 0.1) is 0 Å². The summed E-state index contributed by atoms with van der Waals surface area (Å²) in [6.45, 7) is 8.65.